The molecule has 206 valence electrons. The molecule has 1 aliphatic heterocycles. The van der Waals surface area contributed by atoms with Crippen LogP contribution in [0, 0.1) is 6.92 Å². The number of carbonyl (C=O) groups is 2. The molecule has 3 atom stereocenters. The summed E-state index contributed by atoms with van der Waals surface area (Å²) in [5.74, 6) is 0.724. The topological polar surface area (TPSA) is 145 Å². The van der Waals surface area contributed by atoms with Gasteiger partial charge in [-0.05, 0) is 73.3 Å². The first-order valence-electron chi connectivity index (χ1n) is 13.6. The van der Waals surface area contributed by atoms with Gasteiger partial charge in [-0.25, -0.2) is 0 Å². The smallest absolute Gasteiger partial charge is 0.261 e. The summed E-state index contributed by atoms with van der Waals surface area (Å²) in [6, 6.07) is 17.7. The van der Waals surface area contributed by atoms with E-state index < -0.39 is 11.6 Å². The lowest BCUT2D eigenvalue weighted by Crippen LogP contribution is -2.53. The summed E-state index contributed by atoms with van der Waals surface area (Å²) in [7, 11) is 0. The minimum absolute atomic E-state index is 0.230. The SMILES string of the molecule is Cc1cc(Oc2ccccc2)ccc1C1(N)C(=O)C(N)c2c(C(=O)NCC3CCCCN3)sc3c(N)ccc1c23. The van der Waals surface area contributed by atoms with E-state index in [-0.39, 0.29) is 17.7 Å². The molecule has 0 saturated carbocycles. The van der Waals surface area contributed by atoms with Gasteiger partial charge >= 0.3 is 0 Å². The number of hydrogen-bond acceptors (Lipinski definition) is 8. The van der Waals surface area contributed by atoms with Crippen molar-refractivity contribution in [2.75, 3.05) is 18.8 Å². The number of nitrogens with two attached hydrogens (primary N) is 3. The fraction of sp³-hybridized carbons (Fsp3) is 0.290. The second-order valence-electron chi connectivity index (χ2n) is 10.6. The molecule has 3 unspecified atom stereocenters. The molecule has 9 heteroatoms. The van der Waals surface area contributed by atoms with Crippen LogP contribution in [0.25, 0.3) is 10.1 Å². The Morgan fingerprint density at radius 2 is 1.88 bits per heavy atom. The number of rotatable bonds is 6. The van der Waals surface area contributed by atoms with E-state index in [0.29, 0.717) is 55.4 Å². The Morgan fingerprint density at radius 1 is 1.10 bits per heavy atom. The van der Waals surface area contributed by atoms with Crippen molar-refractivity contribution in [3.63, 3.8) is 0 Å². The fourth-order valence-corrected chi connectivity index (χ4v) is 7.20. The third-order valence-corrected chi connectivity index (χ3v) is 9.30. The second kappa shape index (κ2) is 10.3. The van der Waals surface area contributed by atoms with Crippen molar-refractivity contribution in [3.05, 3.63) is 87.8 Å². The summed E-state index contributed by atoms with van der Waals surface area (Å²) < 4.78 is 6.71. The lowest BCUT2D eigenvalue weighted by atomic mass is 9.69. The molecule has 3 aromatic carbocycles. The molecule has 2 heterocycles. The summed E-state index contributed by atoms with van der Waals surface area (Å²) >= 11 is 1.27. The minimum atomic E-state index is -1.52. The van der Waals surface area contributed by atoms with Crippen LogP contribution in [-0.4, -0.2) is 30.8 Å². The van der Waals surface area contributed by atoms with Crippen LogP contribution in [0.4, 0.5) is 5.69 Å². The molecule has 8 nitrogen and oxygen atoms in total. The number of carbonyl (C=O) groups excluding carboxylic acids is 2. The maximum absolute atomic E-state index is 14.1. The highest BCUT2D eigenvalue weighted by Crippen LogP contribution is 2.50. The monoisotopic (exact) mass is 555 g/mol. The van der Waals surface area contributed by atoms with Crippen LogP contribution in [0.1, 0.15) is 57.2 Å². The molecule has 1 aliphatic carbocycles. The van der Waals surface area contributed by atoms with E-state index in [1.54, 1.807) is 18.2 Å². The van der Waals surface area contributed by atoms with Crippen LogP contribution in [0.2, 0.25) is 0 Å². The molecular weight excluding hydrogens is 522 g/mol. The number of thiophene rings is 1. The van der Waals surface area contributed by atoms with Crippen LogP contribution in [0.3, 0.4) is 0 Å². The summed E-state index contributed by atoms with van der Waals surface area (Å²) in [5.41, 5.74) is 21.6. The van der Waals surface area contributed by atoms with Gasteiger partial charge in [0.05, 0.1) is 15.6 Å². The predicted octanol–water partition coefficient (Wildman–Crippen LogP) is 4.24. The summed E-state index contributed by atoms with van der Waals surface area (Å²) in [6.45, 7) is 3.36. The van der Waals surface area contributed by atoms with Crippen molar-refractivity contribution < 1.29 is 14.3 Å². The number of ketones is 1. The average Bonchev–Trinajstić information content (AvgIpc) is 3.37. The Morgan fingerprint density at radius 3 is 2.60 bits per heavy atom. The zero-order valence-corrected chi connectivity index (χ0v) is 23.1. The molecule has 6 rings (SSSR count). The van der Waals surface area contributed by atoms with Gasteiger partial charge in [0, 0.05) is 29.2 Å². The number of anilines is 1. The standard InChI is InChI=1S/C31H33N5O3S/c1-17-15-20(39-19-8-3-2-4-9-19)10-11-21(17)31(34)22-12-13-23(32)27-24(22)25(26(33)29(31)37)28(40-27)30(38)36-16-18-7-5-6-14-35-18/h2-4,8-13,15,18,26,35H,5-7,14,16,32-34H2,1H3,(H,36,38). The molecule has 0 bridgehead atoms. The highest BCUT2D eigenvalue weighted by molar-refractivity contribution is 7.21. The van der Waals surface area contributed by atoms with Crippen LogP contribution in [-0.2, 0) is 10.3 Å². The number of piperidine rings is 1. The van der Waals surface area contributed by atoms with E-state index in [1.807, 2.05) is 49.4 Å². The number of hydrogen-bond donors (Lipinski definition) is 5. The van der Waals surface area contributed by atoms with E-state index in [1.165, 1.54) is 11.3 Å². The number of ether oxygens (including phenoxy) is 1. The van der Waals surface area contributed by atoms with E-state index >= 15 is 0 Å². The van der Waals surface area contributed by atoms with E-state index in [0.717, 1.165) is 31.4 Å². The molecule has 0 spiro atoms. The van der Waals surface area contributed by atoms with Crippen LogP contribution >= 0.6 is 11.3 Å². The van der Waals surface area contributed by atoms with Crippen molar-refractivity contribution in [1.82, 2.24) is 10.6 Å². The number of Topliss-reactive ketones (excluding diaryl/α,β-unsaturated/α-hetero) is 1. The molecule has 8 N–H and O–H groups in total. The number of nitrogens with one attached hydrogen (secondary N) is 2. The van der Waals surface area contributed by atoms with Crippen molar-refractivity contribution >= 4 is 38.8 Å². The third kappa shape index (κ3) is 4.35. The van der Waals surface area contributed by atoms with Gasteiger partial charge in [-0.15, -0.1) is 11.3 Å². The minimum Gasteiger partial charge on any atom is -0.457 e. The Labute approximate surface area is 236 Å². The largest absolute Gasteiger partial charge is 0.457 e. The molecule has 2 aliphatic rings. The van der Waals surface area contributed by atoms with Crippen LogP contribution in [0.15, 0.2) is 60.7 Å². The lowest BCUT2D eigenvalue weighted by Gasteiger charge is -2.37. The van der Waals surface area contributed by atoms with Gasteiger partial charge < -0.3 is 32.6 Å². The quantitative estimate of drug-likeness (QED) is 0.224. The first kappa shape index (κ1) is 26.5. The third-order valence-electron chi connectivity index (χ3n) is 8.04. The van der Waals surface area contributed by atoms with Crippen molar-refractivity contribution in [2.24, 2.45) is 11.5 Å². The Bertz CT molecular complexity index is 1610. The highest BCUT2D eigenvalue weighted by atomic mass is 32.1. The van der Waals surface area contributed by atoms with Gasteiger partial charge in [0.15, 0.2) is 5.78 Å². The molecule has 1 fully saturated rings. The number of nitrogen functional groups attached to an aromatic ring is 1. The number of amides is 1. The van der Waals surface area contributed by atoms with Crippen molar-refractivity contribution in [3.8, 4) is 11.5 Å². The van der Waals surface area contributed by atoms with Gasteiger partial charge in [-0.2, -0.15) is 0 Å². The Balaban J connectivity index is 1.40. The van der Waals surface area contributed by atoms with Gasteiger partial charge in [-0.3, -0.25) is 9.59 Å². The van der Waals surface area contributed by atoms with Crippen molar-refractivity contribution in [2.45, 2.75) is 43.8 Å². The summed E-state index contributed by atoms with van der Waals surface area (Å²) in [6.07, 6.45) is 3.30. The lowest BCUT2D eigenvalue weighted by molar-refractivity contribution is -0.124. The second-order valence-corrected chi connectivity index (χ2v) is 11.7. The molecule has 4 aromatic rings. The molecule has 0 radical (unpaired) electrons. The molecule has 1 saturated heterocycles. The van der Waals surface area contributed by atoms with Crippen LogP contribution < -0.4 is 32.6 Å². The van der Waals surface area contributed by atoms with Gasteiger partial charge in [0.25, 0.3) is 5.91 Å². The normalized spacial score (nSPS) is 22.3. The molecular formula is C31H33N5O3S. The molecule has 1 aromatic heterocycles. The van der Waals surface area contributed by atoms with Gasteiger partial charge in [0.2, 0.25) is 0 Å². The highest BCUT2D eigenvalue weighted by Gasteiger charge is 2.49. The van der Waals surface area contributed by atoms with E-state index in [9.17, 15) is 9.59 Å². The summed E-state index contributed by atoms with van der Waals surface area (Å²) in [4.78, 5) is 27.9. The Kier molecular flexibility index (Phi) is 6.83. The maximum atomic E-state index is 14.1. The Hall–Kier alpha value is -3.76. The zero-order chi connectivity index (χ0) is 28.0. The average molecular weight is 556 g/mol. The first-order chi connectivity index (χ1) is 19.3. The van der Waals surface area contributed by atoms with E-state index in [4.69, 9.17) is 21.9 Å². The maximum Gasteiger partial charge on any atom is 0.261 e. The van der Waals surface area contributed by atoms with Gasteiger partial charge in [0.1, 0.15) is 17.0 Å². The first-order valence-corrected chi connectivity index (χ1v) is 14.4. The van der Waals surface area contributed by atoms with Crippen molar-refractivity contribution in [1.29, 1.82) is 0 Å². The van der Waals surface area contributed by atoms with E-state index in [2.05, 4.69) is 10.6 Å². The molecule has 1 amide bonds. The van der Waals surface area contributed by atoms with Gasteiger partial charge in [-0.1, -0.05) is 36.8 Å². The summed E-state index contributed by atoms with van der Waals surface area (Å²) in [5, 5.41) is 7.19. The number of benzene rings is 3. The zero-order valence-electron chi connectivity index (χ0n) is 22.3. The number of para-hydroxylation sites is 1. The molecule has 40 heavy (non-hydrogen) atoms. The van der Waals surface area contributed by atoms with Crippen LogP contribution in [0.5, 0.6) is 11.5 Å². The predicted molar refractivity (Wildman–Crippen MR) is 159 cm³/mol. The fourth-order valence-electron chi connectivity index (χ4n) is 5.99. The number of aryl methyl sites for hydroxylation is 1.